The Morgan fingerprint density at radius 3 is 2.33 bits per heavy atom. The number of aromatic nitrogens is 2. The van der Waals surface area contributed by atoms with Crippen molar-refractivity contribution in [3.05, 3.63) is 66.2 Å². The van der Waals surface area contributed by atoms with Gasteiger partial charge >= 0.3 is 6.03 Å². The fourth-order valence-electron chi connectivity index (χ4n) is 3.37. The molecule has 6 nitrogen and oxygen atoms in total. The van der Waals surface area contributed by atoms with Crippen LogP contribution in [-0.2, 0) is 0 Å². The van der Waals surface area contributed by atoms with Crippen molar-refractivity contribution in [2.75, 3.05) is 28.6 Å². The average Bonchev–Trinajstić information content (AvgIpc) is 2.77. The fourth-order valence-corrected chi connectivity index (χ4v) is 3.37. The number of amides is 2. The number of anilines is 3. The van der Waals surface area contributed by atoms with Gasteiger partial charge in [0.2, 0.25) is 0 Å². The third-order valence-corrected chi connectivity index (χ3v) is 4.95. The minimum atomic E-state index is -0.714. The number of carbonyl (C=O) groups is 1. The number of halogens is 2. The predicted molar refractivity (Wildman–Crippen MR) is 113 cm³/mol. The molecular formula is C22H21F2N5O. The summed E-state index contributed by atoms with van der Waals surface area (Å²) < 4.78 is 26.8. The number of carbonyl (C=O) groups excluding carboxylic acids is 1. The number of hydrogen-bond acceptors (Lipinski definition) is 4. The normalized spacial score (nSPS) is 13.7. The number of nitrogens with zero attached hydrogens (tertiary/aromatic N) is 3. The lowest BCUT2D eigenvalue weighted by Crippen LogP contribution is -2.30. The Hall–Kier alpha value is -3.55. The van der Waals surface area contributed by atoms with Crippen LogP contribution in [-0.4, -0.2) is 29.3 Å². The number of rotatable bonds is 4. The Labute approximate surface area is 172 Å². The number of nitrogens with one attached hydrogen (secondary N) is 2. The van der Waals surface area contributed by atoms with Crippen LogP contribution in [0, 0.1) is 11.6 Å². The summed E-state index contributed by atoms with van der Waals surface area (Å²) in [5, 5.41) is 13.5. The van der Waals surface area contributed by atoms with E-state index in [1.54, 1.807) is 12.1 Å². The van der Waals surface area contributed by atoms with Gasteiger partial charge in [-0.1, -0.05) is 12.1 Å². The van der Waals surface area contributed by atoms with Crippen LogP contribution in [0.15, 0.2) is 54.6 Å². The van der Waals surface area contributed by atoms with E-state index in [-0.39, 0.29) is 5.69 Å². The lowest BCUT2D eigenvalue weighted by atomic mass is 10.1. The molecule has 0 bridgehead atoms. The monoisotopic (exact) mass is 409 g/mol. The van der Waals surface area contributed by atoms with Crippen LogP contribution in [0.4, 0.5) is 30.8 Å². The topological polar surface area (TPSA) is 70.2 Å². The summed E-state index contributed by atoms with van der Waals surface area (Å²) >= 11 is 0. The molecule has 1 fully saturated rings. The summed E-state index contributed by atoms with van der Waals surface area (Å²) in [6.07, 6.45) is 3.62. The van der Waals surface area contributed by atoms with E-state index in [4.69, 9.17) is 0 Å². The van der Waals surface area contributed by atoms with Crippen molar-refractivity contribution in [1.29, 1.82) is 0 Å². The molecule has 2 amide bonds. The second-order valence-electron chi connectivity index (χ2n) is 7.11. The highest BCUT2D eigenvalue weighted by Gasteiger charge is 2.13. The number of hydrogen-bond donors (Lipinski definition) is 2. The molecule has 1 aliphatic heterocycles. The van der Waals surface area contributed by atoms with Crippen LogP contribution in [0.3, 0.4) is 0 Å². The zero-order valence-electron chi connectivity index (χ0n) is 16.2. The van der Waals surface area contributed by atoms with Gasteiger partial charge in [-0.15, -0.1) is 10.2 Å². The molecule has 0 unspecified atom stereocenters. The largest absolute Gasteiger partial charge is 0.355 e. The SMILES string of the molecule is O=C(Nc1ccc(-c2ccc(N3CCCCC3)nn2)cc1)Nc1cc(F)ccc1F. The second-order valence-corrected chi connectivity index (χ2v) is 7.11. The third-order valence-electron chi connectivity index (χ3n) is 4.95. The van der Waals surface area contributed by atoms with E-state index >= 15 is 0 Å². The highest BCUT2D eigenvalue weighted by molar-refractivity contribution is 5.99. The highest BCUT2D eigenvalue weighted by Crippen LogP contribution is 2.23. The summed E-state index contributed by atoms with van der Waals surface area (Å²) in [7, 11) is 0. The van der Waals surface area contributed by atoms with Crippen molar-refractivity contribution in [2.45, 2.75) is 19.3 Å². The van der Waals surface area contributed by atoms with Crippen LogP contribution in [0.2, 0.25) is 0 Å². The predicted octanol–water partition coefficient (Wildman–Crippen LogP) is 5.06. The van der Waals surface area contributed by atoms with Gasteiger partial charge in [-0.05, 0) is 55.7 Å². The Balaban J connectivity index is 1.39. The molecule has 0 aliphatic carbocycles. The van der Waals surface area contributed by atoms with E-state index in [0.717, 1.165) is 48.4 Å². The van der Waals surface area contributed by atoms with E-state index in [0.29, 0.717) is 5.69 Å². The van der Waals surface area contributed by atoms with E-state index in [2.05, 4.69) is 25.7 Å². The summed E-state index contributed by atoms with van der Waals surface area (Å²) in [6.45, 7) is 2.02. The molecule has 3 aromatic rings. The van der Waals surface area contributed by atoms with Gasteiger partial charge < -0.3 is 15.5 Å². The molecule has 30 heavy (non-hydrogen) atoms. The molecule has 8 heteroatoms. The quantitative estimate of drug-likeness (QED) is 0.632. The standard InChI is InChI=1S/C22H21F2N5O/c23-16-6-9-18(24)20(14-16)26-22(30)25-17-7-4-15(5-8-17)19-10-11-21(28-27-19)29-12-2-1-3-13-29/h4-11,14H,1-3,12-13H2,(H2,25,26,30). The Morgan fingerprint density at radius 1 is 0.867 bits per heavy atom. The molecule has 2 N–H and O–H groups in total. The lowest BCUT2D eigenvalue weighted by Gasteiger charge is -2.27. The average molecular weight is 409 g/mol. The Morgan fingerprint density at radius 2 is 1.63 bits per heavy atom. The first kappa shape index (κ1) is 19.8. The lowest BCUT2D eigenvalue weighted by molar-refractivity contribution is 0.262. The minimum absolute atomic E-state index is 0.229. The number of urea groups is 1. The van der Waals surface area contributed by atoms with Crippen LogP contribution < -0.4 is 15.5 Å². The summed E-state index contributed by atoms with van der Waals surface area (Å²) in [6, 6.07) is 13.1. The first-order chi connectivity index (χ1) is 14.6. The van der Waals surface area contributed by atoms with Crippen molar-refractivity contribution >= 4 is 23.2 Å². The fraction of sp³-hybridized carbons (Fsp3) is 0.227. The molecule has 0 saturated carbocycles. The van der Waals surface area contributed by atoms with Crippen molar-refractivity contribution in [1.82, 2.24) is 10.2 Å². The highest BCUT2D eigenvalue weighted by atomic mass is 19.1. The second kappa shape index (κ2) is 8.86. The van der Waals surface area contributed by atoms with Crippen LogP contribution in [0.25, 0.3) is 11.3 Å². The maximum absolute atomic E-state index is 13.6. The van der Waals surface area contributed by atoms with Gasteiger partial charge in [-0.25, -0.2) is 13.6 Å². The smallest absolute Gasteiger partial charge is 0.323 e. The molecule has 4 rings (SSSR count). The molecule has 1 aliphatic rings. The molecule has 154 valence electrons. The van der Waals surface area contributed by atoms with Gasteiger partial charge in [-0.3, -0.25) is 0 Å². The molecule has 1 saturated heterocycles. The van der Waals surface area contributed by atoms with Crippen molar-refractivity contribution < 1.29 is 13.6 Å². The molecule has 2 aromatic carbocycles. The van der Waals surface area contributed by atoms with E-state index in [9.17, 15) is 13.6 Å². The molecule has 0 atom stereocenters. The van der Waals surface area contributed by atoms with Crippen molar-refractivity contribution in [3.63, 3.8) is 0 Å². The number of piperidine rings is 1. The first-order valence-electron chi connectivity index (χ1n) is 9.81. The minimum Gasteiger partial charge on any atom is -0.355 e. The van der Waals surface area contributed by atoms with Crippen molar-refractivity contribution in [2.24, 2.45) is 0 Å². The van der Waals surface area contributed by atoms with Crippen LogP contribution in [0.5, 0.6) is 0 Å². The van der Waals surface area contributed by atoms with Gasteiger partial charge in [0.1, 0.15) is 11.6 Å². The van der Waals surface area contributed by atoms with E-state index in [1.807, 2.05) is 24.3 Å². The first-order valence-corrected chi connectivity index (χ1v) is 9.81. The van der Waals surface area contributed by atoms with Gasteiger partial charge in [0.15, 0.2) is 5.82 Å². The van der Waals surface area contributed by atoms with Gasteiger partial charge in [0, 0.05) is 30.4 Å². The maximum atomic E-state index is 13.6. The Bertz CT molecular complexity index is 1020. The van der Waals surface area contributed by atoms with Gasteiger partial charge in [0.05, 0.1) is 11.4 Å². The molecular weight excluding hydrogens is 388 g/mol. The zero-order valence-corrected chi connectivity index (χ0v) is 16.2. The summed E-state index contributed by atoms with van der Waals surface area (Å²) in [4.78, 5) is 14.3. The number of benzene rings is 2. The molecule has 2 heterocycles. The van der Waals surface area contributed by atoms with E-state index in [1.165, 1.54) is 19.3 Å². The van der Waals surface area contributed by atoms with E-state index < -0.39 is 17.7 Å². The maximum Gasteiger partial charge on any atom is 0.323 e. The van der Waals surface area contributed by atoms with Crippen molar-refractivity contribution in [3.8, 4) is 11.3 Å². The summed E-state index contributed by atoms with van der Waals surface area (Å²) in [5.41, 5.74) is 1.86. The molecule has 1 aromatic heterocycles. The molecule has 0 radical (unpaired) electrons. The zero-order chi connectivity index (χ0) is 20.9. The van der Waals surface area contributed by atoms with Crippen LogP contribution in [0.1, 0.15) is 19.3 Å². The van der Waals surface area contributed by atoms with Gasteiger partial charge in [-0.2, -0.15) is 0 Å². The molecule has 0 spiro atoms. The van der Waals surface area contributed by atoms with Crippen LogP contribution >= 0.6 is 0 Å². The Kier molecular flexibility index (Phi) is 5.83. The van der Waals surface area contributed by atoms with Gasteiger partial charge in [0.25, 0.3) is 0 Å². The third kappa shape index (κ3) is 4.71. The summed E-state index contributed by atoms with van der Waals surface area (Å²) in [5.74, 6) is -0.463.